The third-order valence-electron chi connectivity index (χ3n) is 14.2. The second-order valence-corrected chi connectivity index (χ2v) is 24.1. The molecular formula is C64H112N2O8. The van der Waals surface area contributed by atoms with Crippen LogP contribution in [0.2, 0.25) is 0 Å². The van der Waals surface area contributed by atoms with E-state index in [1.807, 2.05) is 24.3 Å². The van der Waals surface area contributed by atoms with Gasteiger partial charge in [0.1, 0.15) is 11.5 Å². The predicted octanol–water partition coefficient (Wildman–Crippen LogP) is 15.3. The molecule has 0 fully saturated rings. The molecule has 2 N–H and O–H groups in total. The van der Waals surface area contributed by atoms with E-state index < -0.39 is 0 Å². The van der Waals surface area contributed by atoms with Gasteiger partial charge in [-0.15, -0.1) is 0 Å². The third-order valence-corrected chi connectivity index (χ3v) is 14.2. The summed E-state index contributed by atoms with van der Waals surface area (Å²) < 4.78 is 37.2. The van der Waals surface area contributed by atoms with Crippen LogP contribution in [0.15, 0.2) is 48.5 Å². The van der Waals surface area contributed by atoms with Gasteiger partial charge in [0.25, 0.3) is 11.8 Å². The highest BCUT2D eigenvalue weighted by Crippen LogP contribution is 2.21. The number of amides is 2. The van der Waals surface area contributed by atoms with Crippen molar-refractivity contribution in [1.29, 1.82) is 0 Å². The molecule has 2 amide bonds. The molecule has 10 heteroatoms. The Labute approximate surface area is 454 Å². The zero-order valence-electron chi connectivity index (χ0n) is 49.5. The van der Waals surface area contributed by atoms with Gasteiger partial charge in [-0.3, -0.25) is 9.59 Å². The molecule has 0 radical (unpaired) electrons. The molecule has 0 spiro atoms. The summed E-state index contributed by atoms with van der Waals surface area (Å²) in [7, 11) is 0. The second-order valence-electron chi connectivity index (χ2n) is 24.1. The molecule has 0 aliphatic carbocycles. The van der Waals surface area contributed by atoms with Crippen molar-refractivity contribution in [2.24, 2.45) is 59.2 Å². The van der Waals surface area contributed by atoms with E-state index in [0.29, 0.717) is 99.0 Å². The van der Waals surface area contributed by atoms with E-state index in [1.54, 1.807) is 24.3 Å². The van der Waals surface area contributed by atoms with Gasteiger partial charge in [0.05, 0.1) is 39.6 Å². The van der Waals surface area contributed by atoms with Gasteiger partial charge >= 0.3 is 0 Å². The Morgan fingerprint density at radius 1 is 0.351 bits per heavy atom. The number of ether oxygens (including phenoxy) is 6. The Bertz CT molecular complexity index is 1470. The number of nitrogens with one attached hydrogen (secondary N) is 2. The molecule has 2 aromatic rings. The van der Waals surface area contributed by atoms with Crippen LogP contribution in [0.25, 0.3) is 0 Å². The summed E-state index contributed by atoms with van der Waals surface area (Å²) in [5, 5.41) is 5.84. The highest BCUT2D eigenvalue weighted by atomic mass is 16.5. The molecule has 2 aromatic carbocycles. The van der Waals surface area contributed by atoms with E-state index in [2.05, 4.69) is 93.7 Å². The lowest BCUT2D eigenvalue weighted by Gasteiger charge is -2.20. The highest BCUT2D eigenvalue weighted by Gasteiger charge is 2.16. The van der Waals surface area contributed by atoms with Gasteiger partial charge in [-0.1, -0.05) is 160 Å². The molecular weight excluding hydrogens is 925 g/mol. The smallest absolute Gasteiger partial charge is 0.251 e. The minimum Gasteiger partial charge on any atom is -0.493 e. The summed E-state index contributed by atoms with van der Waals surface area (Å²) in [4.78, 5) is 26.1. The normalized spacial score (nSPS) is 13.6. The molecule has 10 nitrogen and oxygen atoms in total. The molecule has 4 atom stereocenters. The molecule has 426 valence electrons. The van der Waals surface area contributed by atoms with Crippen molar-refractivity contribution in [1.82, 2.24) is 10.6 Å². The molecule has 0 aliphatic rings. The number of benzene rings is 2. The van der Waals surface area contributed by atoms with Crippen LogP contribution in [-0.2, 0) is 18.9 Å². The molecule has 2 rings (SSSR count). The van der Waals surface area contributed by atoms with Crippen molar-refractivity contribution in [3.63, 3.8) is 0 Å². The van der Waals surface area contributed by atoms with Crippen molar-refractivity contribution in [2.45, 2.75) is 186 Å². The maximum atomic E-state index is 13.0. The lowest BCUT2D eigenvalue weighted by atomic mass is 9.97. The number of rotatable bonds is 47. The highest BCUT2D eigenvalue weighted by molar-refractivity contribution is 5.95. The molecule has 0 unspecified atom stereocenters. The quantitative estimate of drug-likeness (QED) is 0.0630. The van der Waals surface area contributed by atoms with Gasteiger partial charge in [-0.25, -0.2) is 0 Å². The van der Waals surface area contributed by atoms with Crippen LogP contribution in [0.4, 0.5) is 0 Å². The third kappa shape index (κ3) is 36.0. The van der Waals surface area contributed by atoms with Crippen LogP contribution in [0, 0.1) is 59.2 Å². The van der Waals surface area contributed by atoms with Gasteiger partial charge in [0.2, 0.25) is 0 Å². The van der Waals surface area contributed by atoms with E-state index >= 15 is 0 Å². The lowest BCUT2D eigenvalue weighted by Crippen LogP contribution is -2.34. The Hall–Kier alpha value is -3.18. The molecule has 0 aliphatic heterocycles. The average Bonchev–Trinajstić information content (AvgIpc) is 3.35. The van der Waals surface area contributed by atoms with E-state index in [-0.39, 0.29) is 23.7 Å². The maximum Gasteiger partial charge on any atom is 0.251 e. The minimum atomic E-state index is -0.212. The van der Waals surface area contributed by atoms with Gasteiger partial charge in [0, 0.05) is 62.5 Å². The zero-order chi connectivity index (χ0) is 54.4. The van der Waals surface area contributed by atoms with Gasteiger partial charge in [-0.2, -0.15) is 0 Å². The Morgan fingerprint density at radius 3 is 0.851 bits per heavy atom. The van der Waals surface area contributed by atoms with Crippen LogP contribution in [-0.4, -0.2) is 91.0 Å². The van der Waals surface area contributed by atoms with Gasteiger partial charge in [0.15, 0.2) is 0 Å². The molecule has 0 bridgehead atoms. The Balaban J connectivity index is 1.81. The van der Waals surface area contributed by atoms with Crippen molar-refractivity contribution in [3.8, 4) is 11.5 Å². The fourth-order valence-corrected chi connectivity index (χ4v) is 8.89. The number of carbonyl (C=O) groups is 2. The van der Waals surface area contributed by atoms with Crippen LogP contribution >= 0.6 is 0 Å². The van der Waals surface area contributed by atoms with Crippen molar-refractivity contribution < 1.29 is 38.0 Å². The summed E-state index contributed by atoms with van der Waals surface area (Å²) in [5.41, 5.74) is 1.05. The Morgan fingerprint density at radius 2 is 0.608 bits per heavy atom. The first-order valence-corrected chi connectivity index (χ1v) is 29.8. The number of hydrogen-bond donors (Lipinski definition) is 2. The summed E-state index contributed by atoms with van der Waals surface area (Å²) in [5.74, 6) is 6.79. The molecule has 0 heterocycles. The van der Waals surface area contributed by atoms with Crippen LogP contribution in [0.5, 0.6) is 11.5 Å². The van der Waals surface area contributed by atoms with E-state index in [4.69, 9.17) is 28.4 Å². The van der Waals surface area contributed by atoms with E-state index in [1.165, 1.54) is 77.0 Å². The molecule has 0 saturated carbocycles. The first kappa shape index (κ1) is 66.9. The second kappa shape index (κ2) is 41.9. The van der Waals surface area contributed by atoms with Crippen molar-refractivity contribution in [3.05, 3.63) is 59.7 Å². The largest absolute Gasteiger partial charge is 0.493 e. The zero-order valence-corrected chi connectivity index (χ0v) is 49.5. The summed E-state index contributed by atoms with van der Waals surface area (Å²) in [6.07, 6.45) is 19.5. The fraction of sp³-hybridized carbons (Fsp3) is 0.781. The van der Waals surface area contributed by atoms with Crippen LogP contribution < -0.4 is 20.1 Å². The first-order chi connectivity index (χ1) is 35.5. The van der Waals surface area contributed by atoms with Crippen molar-refractivity contribution in [2.75, 3.05) is 79.2 Å². The number of hydrogen-bond acceptors (Lipinski definition) is 8. The SMILES string of the molecule is CC(C)CCC[C@H](C)CCOCC(COCC[C@@H](C)CCCC(C)C)COc1ccc(C(=O)NCCNC(=O)c2ccc(OCC(COCC[C@@H](C)CCCC(C)C)COCC[C@@H](C)CCCC(C)C)cc2)cc1. The first-order valence-electron chi connectivity index (χ1n) is 29.8. The number of carbonyl (C=O) groups excluding carboxylic acids is 2. The summed E-state index contributed by atoms with van der Waals surface area (Å²) >= 11 is 0. The maximum absolute atomic E-state index is 13.0. The van der Waals surface area contributed by atoms with Crippen LogP contribution in [0.1, 0.15) is 207 Å². The lowest BCUT2D eigenvalue weighted by molar-refractivity contribution is 0.0142. The summed E-state index contributed by atoms with van der Waals surface area (Å²) in [6.45, 7) is 34.5. The van der Waals surface area contributed by atoms with Gasteiger partial charge < -0.3 is 39.1 Å². The Kier molecular flexibility index (Phi) is 37.9. The monoisotopic (exact) mass is 1040 g/mol. The molecule has 0 aromatic heterocycles. The standard InChI is InChI=1S/C64H112N2O8/c1-49(2)17-13-21-53(9)33-39-69-43-57(44-70-40-34-54(10)22-14-18-50(3)4)47-73-61-29-25-59(26-30-61)63(67)65-37-38-66-64(68)60-27-31-62(32-28-60)74-48-58(45-71-41-35-55(11)23-15-19-51(5)6)46-72-42-36-56(12)24-16-20-52(7)8/h25-32,49-58H,13-24,33-48H2,1-12H3,(H,65,67)(H,66,68)/t53-,54-,55-,56-/m0/s1. The molecule has 0 saturated heterocycles. The topological polar surface area (TPSA) is 114 Å². The fourth-order valence-electron chi connectivity index (χ4n) is 8.89. The summed E-state index contributed by atoms with van der Waals surface area (Å²) in [6, 6.07) is 14.4. The molecule has 74 heavy (non-hydrogen) atoms. The van der Waals surface area contributed by atoms with Crippen molar-refractivity contribution >= 4 is 11.8 Å². The minimum absolute atomic E-state index is 0.0986. The predicted molar refractivity (Wildman–Crippen MR) is 309 cm³/mol. The van der Waals surface area contributed by atoms with Crippen LogP contribution in [0.3, 0.4) is 0 Å². The average molecular weight is 1040 g/mol. The van der Waals surface area contributed by atoms with E-state index in [9.17, 15) is 9.59 Å². The van der Waals surface area contributed by atoms with E-state index in [0.717, 1.165) is 75.8 Å². The van der Waals surface area contributed by atoms with Gasteiger partial charge in [-0.05, 0) is 122 Å².